The molecule has 2 aromatic heterocycles. The number of H-pyrrole nitrogens is 1. The van der Waals surface area contributed by atoms with Gasteiger partial charge in [-0.3, -0.25) is 9.89 Å². The molecule has 0 amide bonds. The van der Waals surface area contributed by atoms with Crippen LogP contribution in [0.3, 0.4) is 0 Å². The third-order valence-corrected chi connectivity index (χ3v) is 4.49. The monoisotopic (exact) mass is 330 g/mol. The quantitative estimate of drug-likeness (QED) is 0.722. The second kappa shape index (κ2) is 6.08. The second-order valence-corrected chi connectivity index (χ2v) is 6.31. The van der Waals surface area contributed by atoms with Crippen LogP contribution in [-0.2, 0) is 6.54 Å². The molecule has 0 spiro atoms. The highest BCUT2D eigenvalue weighted by Gasteiger charge is 2.17. The maximum atomic E-state index is 13.0. The number of nitrogens with two attached hydrogens (primary N) is 1. The lowest BCUT2D eigenvalue weighted by atomic mass is 10.0. The van der Waals surface area contributed by atoms with Gasteiger partial charge in [-0.2, -0.15) is 5.10 Å². The van der Waals surface area contributed by atoms with E-state index in [1.165, 1.54) is 0 Å². The Hall–Kier alpha value is -3.10. The van der Waals surface area contributed by atoms with Crippen LogP contribution in [0.2, 0.25) is 0 Å². The number of aryl methyl sites for hydroxylation is 1. The minimum absolute atomic E-state index is 0.0524. The molecule has 0 aliphatic heterocycles. The third kappa shape index (κ3) is 2.67. The van der Waals surface area contributed by atoms with Gasteiger partial charge in [0.15, 0.2) is 0 Å². The van der Waals surface area contributed by atoms with Gasteiger partial charge in [0, 0.05) is 23.7 Å². The van der Waals surface area contributed by atoms with Gasteiger partial charge in [0.05, 0.1) is 10.9 Å². The van der Waals surface area contributed by atoms with Gasteiger partial charge in [-0.05, 0) is 43.2 Å². The van der Waals surface area contributed by atoms with Crippen molar-refractivity contribution >= 4 is 21.8 Å². The van der Waals surface area contributed by atoms with Gasteiger partial charge < -0.3 is 10.3 Å². The normalized spacial score (nSPS) is 14.4. The number of para-hydroxylation sites is 1. The van der Waals surface area contributed by atoms with Gasteiger partial charge in [0.25, 0.3) is 5.56 Å². The molecule has 1 aromatic carbocycles. The van der Waals surface area contributed by atoms with E-state index in [0.29, 0.717) is 18.4 Å². The van der Waals surface area contributed by atoms with E-state index in [1.54, 1.807) is 4.57 Å². The van der Waals surface area contributed by atoms with Gasteiger partial charge in [0.2, 0.25) is 0 Å². The number of nitrogens with zero attached hydrogens (tertiary/aromatic N) is 2. The summed E-state index contributed by atoms with van der Waals surface area (Å²) >= 11 is 0. The molecule has 2 heterocycles. The predicted octanol–water partition coefficient (Wildman–Crippen LogP) is 2.71. The van der Waals surface area contributed by atoms with Crippen LogP contribution in [0.5, 0.6) is 0 Å². The Morgan fingerprint density at radius 2 is 2.16 bits per heavy atom. The van der Waals surface area contributed by atoms with Crippen molar-refractivity contribution in [1.29, 1.82) is 0 Å². The van der Waals surface area contributed by atoms with E-state index in [4.69, 9.17) is 5.73 Å². The Kier molecular flexibility index (Phi) is 3.75. The molecule has 0 fully saturated rings. The Morgan fingerprint density at radius 3 is 2.96 bits per heavy atom. The molecule has 1 unspecified atom stereocenters. The highest BCUT2D eigenvalue weighted by molar-refractivity contribution is 6.03. The number of benzene rings is 1. The zero-order valence-electron chi connectivity index (χ0n) is 13.9. The molecule has 1 atom stereocenters. The Bertz CT molecular complexity index is 1170. The molecule has 3 N–H and O–H groups in total. The second-order valence-electron chi connectivity index (χ2n) is 6.31. The topological polar surface area (TPSA) is 76.7 Å². The molecule has 5 heteroatoms. The molecule has 5 nitrogen and oxygen atoms in total. The lowest BCUT2D eigenvalue weighted by molar-refractivity contribution is 0.553. The molecule has 3 aromatic rings. The third-order valence-electron chi connectivity index (χ3n) is 4.49. The van der Waals surface area contributed by atoms with Crippen LogP contribution in [0.15, 0.2) is 64.3 Å². The summed E-state index contributed by atoms with van der Waals surface area (Å²) in [7, 11) is 0. The fourth-order valence-electron chi connectivity index (χ4n) is 3.33. The Morgan fingerprint density at radius 1 is 1.32 bits per heavy atom. The van der Waals surface area contributed by atoms with Crippen molar-refractivity contribution in [3.63, 3.8) is 0 Å². The zero-order chi connectivity index (χ0) is 17.4. The van der Waals surface area contributed by atoms with Gasteiger partial charge in [-0.25, -0.2) is 0 Å². The van der Waals surface area contributed by atoms with E-state index in [9.17, 15) is 4.79 Å². The van der Waals surface area contributed by atoms with Crippen LogP contribution in [0.1, 0.15) is 12.1 Å². The van der Waals surface area contributed by atoms with Crippen molar-refractivity contribution in [1.82, 2.24) is 14.8 Å². The number of allylic oxidation sites excluding steroid dienone is 3. The van der Waals surface area contributed by atoms with E-state index in [0.717, 1.165) is 27.7 Å². The largest absolute Gasteiger partial charge is 0.326 e. The van der Waals surface area contributed by atoms with Crippen LogP contribution in [0, 0.1) is 6.92 Å². The van der Waals surface area contributed by atoms with Crippen molar-refractivity contribution in [2.24, 2.45) is 5.73 Å². The van der Waals surface area contributed by atoms with Crippen LogP contribution in [0.25, 0.3) is 21.8 Å². The number of hydrogen-bond acceptors (Lipinski definition) is 3. The van der Waals surface area contributed by atoms with E-state index in [1.807, 2.05) is 49.4 Å². The smallest absolute Gasteiger partial charge is 0.262 e. The maximum Gasteiger partial charge on any atom is 0.262 e. The highest BCUT2D eigenvalue weighted by atomic mass is 16.1. The van der Waals surface area contributed by atoms with Crippen molar-refractivity contribution in [2.45, 2.75) is 25.9 Å². The van der Waals surface area contributed by atoms with Crippen LogP contribution < -0.4 is 11.3 Å². The lowest BCUT2D eigenvalue weighted by Gasteiger charge is -2.17. The average Bonchev–Trinajstić information content (AvgIpc) is 3.01. The van der Waals surface area contributed by atoms with E-state index in [-0.39, 0.29) is 11.6 Å². The molecular weight excluding hydrogens is 312 g/mol. The van der Waals surface area contributed by atoms with E-state index >= 15 is 0 Å². The van der Waals surface area contributed by atoms with E-state index < -0.39 is 0 Å². The lowest BCUT2D eigenvalue weighted by Crippen LogP contribution is -2.32. The summed E-state index contributed by atoms with van der Waals surface area (Å²) in [5.41, 5.74) is 15.6. The highest BCUT2D eigenvalue weighted by Crippen LogP contribution is 2.23. The molecule has 0 saturated carbocycles. The summed E-state index contributed by atoms with van der Waals surface area (Å²) in [5, 5.41) is 8.83. The molecule has 0 bridgehead atoms. The average molecular weight is 330 g/mol. The number of aromatic nitrogens is 3. The minimum atomic E-state index is -0.179. The number of rotatable bonds is 4. The van der Waals surface area contributed by atoms with Crippen LogP contribution in [-0.4, -0.2) is 20.8 Å². The molecule has 0 radical (unpaired) electrons. The van der Waals surface area contributed by atoms with Gasteiger partial charge in [-0.1, -0.05) is 29.7 Å². The summed E-state index contributed by atoms with van der Waals surface area (Å²) in [6, 6.07) is 7.63. The SMILES string of the molecule is Cc1[nH]nc2c1c(=O)n(CC(N)CC1=CC=C=C=C1)c1ccccc21. The summed E-state index contributed by atoms with van der Waals surface area (Å²) in [6.45, 7) is 2.31. The zero-order valence-corrected chi connectivity index (χ0v) is 13.9. The molecule has 1 aliphatic carbocycles. The number of aromatic amines is 1. The molecule has 4 rings (SSSR count). The molecular formula is C20H18N4O. The first-order chi connectivity index (χ1) is 12.1. The molecule has 1 aliphatic rings. The van der Waals surface area contributed by atoms with Crippen molar-refractivity contribution < 1.29 is 0 Å². The van der Waals surface area contributed by atoms with Crippen molar-refractivity contribution in [3.8, 4) is 0 Å². The van der Waals surface area contributed by atoms with Gasteiger partial charge in [-0.15, -0.1) is 0 Å². The fourth-order valence-corrected chi connectivity index (χ4v) is 3.33. The number of fused-ring (bicyclic) bond motifs is 3. The standard InChI is InChI=1S/C20H18N4O/c1-13-18-19(23-22-13)16-9-5-6-10-17(16)24(20(18)25)12-15(21)11-14-7-3-2-4-8-14/h3,5-10,15H,11-12,21H2,1H3,(H,22,23). The number of hydrogen-bond donors (Lipinski definition) is 2. The Balaban J connectivity index is 1.80. The van der Waals surface area contributed by atoms with Crippen molar-refractivity contribution in [3.05, 3.63) is 75.6 Å². The summed E-state index contributed by atoms with van der Waals surface area (Å²) < 4.78 is 1.77. The number of pyridine rings is 1. The van der Waals surface area contributed by atoms with Gasteiger partial charge >= 0.3 is 0 Å². The Labute approximate surface area is 144 Å². The first-order valence-electron chi connectivity index (χ1n) is 8.23. The number of nitrogens with one attached hydrogen (secondary N) is 1. The summed E-state index contributed by atoms with van der Waals surface area (Å²) in [5.74, 6) is 0. The summed E-state index contributed by atoms with van der Waals surface area (Å²) in [4.78, 5) is 13.0. The summed E-state index contributed by atoms with van der Waals surface area (Å²) in [6.07, 6.45) is 6.35. The fraction of sp³-hybridized carbons (Fsp3) is 0.200. The first kappa shape index (κ1) is 15.4. The van der Waals surface area contributed by atoms with Crippen LogP contribution >= 0.6 is 0 Å². The van der Waals surface area contributed by atoms with E-state index in [2.05, 4.69) is 21.7 Å². The molecule has 0 saturated heterocycles. The van der Waals surface area contributed by atoms with Crippen molar-refractivity contribution in [2.75, 3.05) is 0 Å². The van der Waals surface area contributed by atoms with Crippen LogP contribution in [0.4, 0.5) is 0 Å². The minimum Gasteiger partial charge on any atom is -0.326 e. The molecule has 25 heavy (non-hydrogen) atoms. The maximum absolute atomic E-state index is 13.0. The molecule has 124 valence electrons. The first-order valence-corrected chi connectivity index (χ1v) is 8.23. The predicted molar refractivity (Wildman–Crippen MR) is 99.4 cm³/mol. The van der Waals surface area contributed by atoms with Gasteiger partial charge in [0.1, 0.15) is 5.52 Å².